The van der Waals surface area contributed by atoms with Crippen LogP contribution in [0.25, 0.3) is 0 Å². The molecule has 0 saturated carbocycles. The summed E-state index contributed by atoms with van der Waals surface area (Å²) in [5.74, 6) is -2.16. The van der Waals surface area contributed by atoms with Crippen molar-refractivity contribution >= 4 is 11.9 Å². The average Bonchev–Trinajstić information content (AvgIpc) is 3.16. The minimum atomic E-state index is -4.81. The third-order valence-corrected chi connectivity index (χ3v) is 4.65. The molecule has 2 bridgehead atoms. The molecule has 4 unspecified atom stereocenters. The quantitative estimate of drug-likeness (QED) is 0.801. The molecule has 1 aromatic rings. The first-order chi connectivity index (χ1) is 12.2. The molecule has 9 heteroatoms. The van der Waals surface area contributed by atoms with E-state index in [1.165, 1.54) is 12.1 Å². The lowest BCUT2D eigenvalue weighted by Crippen LogP contribution is -2.38. The van der Waals surface area contributed by atoms with Gasteiger partial charge in [-0.15, -0.1) is 13.2 Å². The molecule has 0 spiro atoms. The summed E-state index contributed by atoms with van der Waals surface area (Å²) in [5.41, 5.74) is 0.388. The Bertz CT molecular complexity index is 676. The summed E-state index contributed by atoms with van der Waals surface area (Å²) in [4.78, 5) is 23.6. The number of rotatable bonds is 6. The molecule has 142 valence electrons. The topological polar surface area (TPSA) is 84.9 Å². The Morgan fingerprint density at radius 1 is 1.27 bits per heavy atom. The number of carboxylic acids is 1. The summed E-state index contributed by atoms with van der Waals surface area (Å²) in [6, 6.07) is 3.95. The number of hydrogen-bond acceptors (Lipinski definition) is 4. The van der Waals surface area contributed by atoms with Crippen LogP contribution in [0.4, 0.5) is 13.2 Å². The van der Waals surface area contributed by atoms with Crippen LogP contribution in [0.1, 0.15) is 37.3 Å². The lowest BCUT2D eigenvalue weighted by molar-refractivity contribution is -0.274. The van der Waals surface area contributed by atoms with Crippen LogP contribution < -0.4 is 10.1 Å². The van der Waals surface area contributed by atoms with Crippen LogP contribution in [0.2, 0.25) is 0 Å². The van der Waals surface area contributed by atoms with Gasteiger partial charge in [0.1, 0.15) is 5.75 Å². The van der Waals surface area contributed by atoms with Gasteiger partial charge in [-0.3, -0.25) is 9.59 Å². The second kappa shape index (κ2) is 7.14. The Labute approximate surface area is 147 Å². The van der Waals surface area contributed by atoms with E-state index >= 15 is 0 Å². The van der Waals surface area contributed by atoms with Crippen LogP contribution in [0.3, 0.4) is 0 Å². The van der Waals surface area contributed by atoms with Gasteiger partial charge in [-0.2, -0.15) is 0 Å². The van der Waals surface area contributed by atoms with Crippen LogP contribution in [0.15, 0.2) is 24.3 Å². The number of carbonyl (C=O) groups is 2. The van der Waals surface area contributed by atoms with Gasteiger partial charge in [-0.05, 0) is 37.0 Å². The van der Waals surface area contributed by atoms with Gasteiger partial charge in [0.15, 0.2) is 0 Å². The van der Waals surface area contributed by atoms with E-state index in [9.17, 15) is 22.8 Å². The minimum absolute atomic E-state index is 0.0764. The number of aliphatic carboxylic acids is 1. The summed E-state index contributed by atoms with van der Waals surface area (Å²) in [7, 11) is 0. The van der Waals surface area contributed by atoms with Gasteiger partial charge in [-0.1, -0.05) is 12.1 Å². The van der Waals surface area contributed by atoms with E-state index in [1.807, 2.05) is 0 Å². The largest absolute Gasteiger partial charge is 0.573 e. The van der Waals surface area contributed by atoms with Gasteiger partial charge in [0.05, 0.1) is 30.6 Å². The number of nitrogens with one attached hydrogen (secondary N) is 1. The maximum absolute atomic E-state index is 12.5. The van der Waals surface area contributed by atoms with E-state index in [1.54, 1.807) is 0 Å². The number of benzene rings is 1. The minimum Gasteiger partial charge on any atom is -0.481 e. The summed E-state index contributed by atoms with van der Waals surface area (Å²) in [6.45, 7) is 0. The third-order valence-electron chi connectivity index (χ3n) is 4.65. The fraction of sp³-hybridized carbons (Fsp3) is 0.529. The molecular formula is C17H18F3NO5. The van der Waals surface area contributed by atoms with Crippen LogP contribution >= 0.6 is 0 Å². The predicted octanol–water partition coefficient (Wildman–Crippen LogP) is 2.78. The molecule has 6 nitrogen and oxygen atoms in total. The molecular weight excluding hydrogens is 355 g/mol. The summed E-state index contributed by atoms with van der Waals surface area (Å²) in [5, 5.41) is 11.8. The Hall–Kier alpha value is -2.29. The maximum Gasteiger partial charge on any atom is 0.573 e. The number of fused-ring (bicyclic) bond motifs is 2. The first-order valence-corrected chi connectivity index (χ1v) is 8.24. The zero-order valence-electron chi connectivity index (χ0n) is 13.7. The molecule has 2 aliphatic heterocycles. The lowest BCUT2D eigenvalue weighted by Gasteiger charge is -2.23. The van der Waals surface area contributed by atoms with E-state index in [0.717, 1.165) is 25.0 Å². The molecule has 3 rings (SSSR count). The number of alkyl halides is 3. The van der Waals surface area contributed by atoms with Crippen molar-refractivity contribution in [2.45, 2.75) is 50.3 Å². The van der Waals surface area contributed by atoms with Crippen LogP contribution in [0.5, 0.6) is 5.75 Å². The summed E-state index contributed by atoms with van der Waals surface area (Å²) < 4.78 is 46.1. The van der Waals surface area contributed by atoms with Gasteiger partial charge in [0.25, 0.3) is 0 Å². The van der Waals surface area contributed by atoms with Crippen LogP contribution in [0, 0.1) is 5.92 Å². The Balaban J connectivity index is 1.69. The summed E-state index contributed by atoms with van der Waals surface area (Å²) in [6.07, 6.45) is -2.93. The zero-order chi connectivity index (χ0) is 18.9. The fourth-order valence-electron chi connectivity index (χ4n) is 3.52. The number of ether oxygens (including phenoxy) is 2. The number of halogens is 3. The van der Waals surface area contributed by atoms with Crippen LogP contribution in [-0.4, -0.2) is 35.6 Å². The highest BCUT2D eigenvalue weighted by molar-refractivity contribution is 5.81. The molecule has 26 heavy (non-hydrogen) atoms. The SMILES string of the molecule is O=C(O)CC(NC(=O)C1CC2CCC1O2)c1ccc(OC(F)(F)F)cc1. The first kappa shape index (κ1) is 18.5. The summed E-state index contributed by atoms with van der Waals surface area (Å²) >= 11 is 0. The molecule has 2 saturated heterocycles. The molecule has 1 aromatic carbocycles. The molecule has 2 N–H and O–H groups in total. The van der Waals surface area contributed by atoms with Crippen molar-refractivity contribution in [3.8, 4) is 5.75 Å². The fourth-order valence-corrected chi connectivity index (χ4v) is 3.52. The highest BCUT2D eigenvalue weighted by Crippen LogP contribution is 2.39. The maximum atomic E-state index is 12.5. The van der Waals surface area contributed by atoms with Crippen molar-refractivity contribution in [1.29, 1.82) is 0 Å². The molecule has 2 aliphatic rings. The van der Waals surface area contributed by atoms with Gasteiger partial charge >= 0.3 is 12.3 Å². The molecule has 0 aliphatic carbocycles. The number of carbonyl (C=O) groups excluding carboxylic acids is 1. The van der Waals surface area contributed by atoms with Gasteiger partial charge in [0, 0.05) is 0 Å². The zero-order valence-corrected chi connectivity index (χ0v) is 13.7. The monoisotopic (exact) mass is 373 g/mol. The molecule has 4 atom stereocenters. The third kappa shape index (κ3) is 4.46. The molecule has 2 fully saturated rings. The van der Waals surface area contributed by atoms with Gasteiger partial charge < -0.3 is 19.9 Å². The standard InChI is InChI=1S/C17H18F3NO5/c18-17(19,20)26-10-3-1-9(2-4-10)13(8-15(22)23)21-16(24)12-7-11-5-6-14(12)25-11/h1-4,11-14H,5-8H2,(H,21,24)(H,22,23). The average molecular weight is 373 g/mol. The second-order valence-corrected chi connectivity index (χ2v) is 6.49. The van der Waals surface area contributed by atoms with Crippen molar-refractivity contribution in [1.82, 2.24) is 5.32 Å². The smallest absolute Gasteiger partial charge is 0.481 e. The number of amides is 1. The van der Waals surface area contributed by atoms with Crippen LogP contribution in [-0.2, 0) is 14.3 Å². The molecule has 0 aromatic heterocycles. The molecule has 0 radical (unpaired) electrons. The van der Waals surface area contributed by atoms with Crippen molar-refractivity contribution in [2.75, 3.05) is 0 Å². The Morgan fingerprint density at radius 3 is 2.46 bits per heavy atom. The van der Waals surface area contributed by atoms with E-state index in [2.05, 4.69) is 10.1 Å². The van der Waals surface area contributed by atoms with Crippen molar-refractivity contribution in [3.63, 3.8) is 0 Å². The number of hydrogen-bond donors (Lipinski definition) is 2. The van der Waals surface area contributed by atoms with Crippen molar-refractivity contribution in [3.05, 3.63) is 29.8 Å². The van der Waals surface area contributed by atoms with Gasteiger partial charge in [0.2, 0.25) is 5.91 Å². The predicted molar refractivity (Wildman–Crippen MR) is 82.3 cm³/mol. The molecule has 2 heterocycles. The number of carboxylic acid groups (broad SMARTS) is 1. The normalized spacial score (nSPS) is 25.7. The second-order valence-electron chi connectivity index (χ2n) is 6.49. The first-order valence-electron chi connectivity index (χ1n) is 8.24. The highest BCUT2D eigenvalue weighted by atomic mass is 19.4. The van der Waals surface area contributed by atoms with Crippen molar-refractivity contribution in [2.24, 2.45) is 5.92 Å². The van der Waals surface area contributed by atoms with E-state index < -0.39 is 24.1 Å². The lowest BCUT2D eigenvalue weighted by atomic mass is 9.88. The van der Waals surface area contributed by atoms with E-state index in [-0.39, 0.29) is 30.5 Å². The molecule has 1 amide bonds. The highest BCUT2D eigenvalue weighted by Gasteiger charge is 2.44. The van der Waals surface area contributed by atoms with Crippen molar-refractivity contribution < 1.29 is 37.3 Å². The van der Waals surface area contributed by atoms with Gasteiger partial charge in [-0.25, -0.2) is 0 Å². The van der Waals surface area contributed by atoms with E-state index in [0.29, 0.717) is 12.0 Å². The Morgan fingerprint density at radius 2 is 1.96 bits per heavy atom. The Kier molecular flexibility index (Phi) is 5.08. The van der Waals surface area contributed by atoms with E-state index in [4.69, 9.17) is 9.84 Å².